The second-order valence-electron chi connectivity index (χ2n) is 7.59. The maximum Gasteiger partial charge on any atom is 0.416 e. The Morgan fingerprint density at radius 2 is 1.80 bits per heavy atom. The van der Waals surface area contributed by atoms with Crippen LogP contribution in [0.4, 0.5) is 18.9 Å². The molecule has 2 aromatic carbocycles. The highest BCUT2D eigenvalue weighted by Crippen LogP contribution is 2.33. The van der Waals surface area contributed by atoms with Gasteiger partial charge in [-0.25, -0.2) is 0 Å². The molecule has 0 saturated carbocycles. The van der Waals surface area contributed by atoms with Crippen LogP contribution in [-0.2, 0) is 12.7 Å². The molecule has 0 aliphatic carbocycles. The molecule has 1 heterocycles. The number of carbonyl (C=O) groups excluding carboxylic acids is 2. The molecule has 3 rings (SSSR count). The molecule has 1 N–H and O–H groups in total. The molecule has 0 bridgehead atoms. The summed E-state index contributed by atoms with van der Waals surface area (Å²) in [5.74, 6) is -0.660. The zero-order valence-electron chi connectivity index (χ0n) is 16.9. The third-order valence-electron chi connectivity index (χ3n) is 5.33. The van der Waals surface area contributed by atoms with E-state index in [-0.39, 0.29) is 17.7 Å². The number of alkyl halides is 3. The zero-order valence-corrected chi connectivity index (χ0v) is 16.9. The highest BCUT2D eigenvalue weighted by molar-refractivity contribution is 6.04. The van der Waals surface area contributed by atoms with Crippen LogP contribution in [0.25, 0.3) is 0 Å². The van der Waals surface area contributed by atoms with Crippen molar-refractivity contribution in [3.8, 4) is 0 Å². The van der Waals surface area contributed by atoms with E-state index in [0.717, 1.165) is 24.7 Å². The smallest absolute Gasteiger partial charge is 0.322 e. The van der Waals surface area contributed by atoms with Crippen LogP contribution in [0.2, 0.25) is 0 Å². The molecule has 0 atom stereocenters. The summed E-state index contributed by atoms with van der Waals surface area (Å²) in [6, 6.07) is 8.45. The Balaban J connectivity index is 1.81. The Hall–Kier alpha value is -2.71. The van der Waals surface area contributed by atoms with E-state index in [1.807, 2.05) is 11.9 Å². The molecule has 1 aliphatic rings. The molecule has 1 fully saturated rings. The Kier molecular flexibility index (Phi) is 6.58. The molecule has 5 nitrogen and oxygen atoms in total. The van der Waals surface area contributed by atoms with Gasteiger partial charge in [-0.15, -0.1) is 0 Å². The number of nitrogens with one attached hydrogen (secondary N) is 1. The highest BCUT2D eigenvalue weighted by atomic mass is 19.4. The van der Waals surface area contributed by atoms with Gasteiger partial charge in [0.05, 0.1) is 5.56 Å². The van der Waals surface area contributed by atoms with Crippen molar-refractivity contribution < 1.29 is 22.8 Å². The van der Waals surface area contributed by atoms with Crippen molar-refractivity contribution in [1.82, 2.24) is 9.80 Å². The summed E-state index contributed by atoms with van der Waals surface area (Å²) in [6.45, 7) is 4.95. The summed E-state index contributed by atoms with van der Waals surface area (Å²) in [7, 11) is 1.98. The molecule has 1 aliphatic heterocycles. The average molecular weight is 419 g/mol. The maximum absolute atomic E-state index is 13.7. The topological polar surface area (TPSA) is 52.7 Å². The number of likely N-dealkylation sites (N-methyl/N-ethyl adjacent to an activating group) is 1. The summed E-state index contributed by atoms with van der Waals surface area (Å²) in [4.78, 5) is 27.7. The zero-order chi connectivity index (χ0) is 21.9. The molecule has 30 heavy (non-hydrogen) atoms. The lowest BCUT2D eigenvalue weighted by Gasteiger charge is -2.33. The SMILES string of the molecule is Cc1ccc(NC(=O)c2ccc(CN3CCN(C)CC3)c(C(F)(F)F)c2)cc1C=O. The normalized spacial score (nSPS) is 15.8. The number of nitrogens with zero attached hydrogens (tertiary/aromatic N) is 2. The Labute approximate surface area is 173 Å². The van der Waals surface area contributed by atoms with Crippen LogP contribution in [0, 0.1) is 6.92 Å². The predicted molar refractivity (Wildman–Crippen MR) is 109 cm³/mol. The van der Waals surface area contributed by atoms with E-state index < -0.39 is 17.6 Å². The number of anilines is 1. The lowest BCUT2D eigenvalue weighted by atomic mass is 10.0. The predicted octanol–water partition coefficient (Wildman–Crippen LogP) is 3.83. The Bertz CT molecular complexity index is 936. The number of hydrogen-bond donors (Lipinski definition) is 1. The van der Waals surface area contributed by atoms with Crippen LogP contribution in [0.1, 0.15) is 37.4 Å². The number of carbonyl (C=O) groups is 2. The van der Waals surface area contributed by atoms with Crippen molar-refractivity contribution in [3.63, 3.8) is 0 Å². The van der Waals surface area contributed by atoms with Crippen molar-refractivity contribution in [3.05, 3.63) is 64.2 Å². The number of rotatable bonds is 5. The van der Waals surface area contributed by atoms with Crippen molar-refractivity contribution in [2.45, 2.75) is 19.6 Å². The fraction of sp³-hybridized carbons (Fsp3) is 0.364. The molecular formula is C22H24F3N3O2. The Morgan fingerprint density at radius 1 is 1.10 bits per heavy atom. The number of amides is 1. The van der Waals surface area contributed by atoms with Gasteiger partial charge < -0.3 is 10.2 Å². The van der Waals surface area contributed by atoms with Crippen LogP contribution in [0.5, 0.6) is 0 Å². The lowest BCUT2D eigenvalue weighted by Crippen LogP contribution is -2.44. The van der Waals surface area contributed by atoms with E-state index in [4.69, 9.17) is 0 Å². The second kappa shape index (κ2) is 8.97. The summed E-state index contributed by atoms with van der Waals surface area (Å²) in [5, 5.41) is 2.56. The number of aryl methyl sites for hydroxylation is 1. The third-order valence-corrected chi connectivity index (χ3v) is 5.33. The first kappa shape index (κ1) is 22.0. The highest BCUT2D eigenvalue weighted by Gasteiger charge is 2.34. The van der Waals surface area contributed by atoms with Gasteiger partial charge in [-0.05, 0) is 49.4 Å². The molecule has 1 amide bonds. The molecular weight excluding hydrogens is 395 g/mol. The largest absolute Gasteiger partial charge is 0.416 e. The lowest BCUT2D eigenvalue weighted by molar-refractivity contribution is -0.138. The summed E-state index contributed by atoms with van der Waals surface area (Å²) < 4.78 is 41.0. The standard InChI is InChI=1S/C22H24F3N3O2/c1-15-3-6-19(11-18(15)14-29)26-21(30)16-4-5-17(20(12-16)22(23,24)25)13-28-9-7-27(2)8-10-28/h3-6,11-12,14H,7-10,13H2,1-2H3,(H,26,30). The first-order valence-electron chi connectivity index (χ1n) is 9.65. The molecule has 8 heteroatoms. The molecule has 0 radical (unpaired) electrons. The fourth-order valence-corrected chi connectivity index (χ4v) is 3.41. The number of benzene rings is 2. The van der Waals surface area contributed by atoms with E-state index in [2.05, 4.69) is 10.2 Å². The number of aldehydes is 1. The van der Waals surface area contributed by atoms with Gasteiger partial charge in [-0.3, -0.25) is 14.5 Å². The van der Waals surface area contributed by atoms with Crippen LogP contribution in [0.15, 0.2) is 36.4 Å². The first-order valence-corrected chi connectivity index (χ1v) is 9.65. The van der Waals surface area contributed by atoms with Crippen molar-refractivity contribution in [1.29, 1.82) is 0 Å². The number of halogens is 3. The van der Waals surface area contributed by atoms with Gasteiger partial charge in [-0.2, -0.15) is 13.2 Å². The van der Waals surface area contributed by atoms with Crippen molar-refractivity contribution in [2.24, 2.45) is 0 Å². The van der Waals surface area contributed by atoms with Gasteiger partial charge in [0.1, 0.15) is 6.29 Å². The quantitative estimate of drug-likeness (QED) is 0.749. The molecule has 0 aromatic heterocycles. The van der Waals surface area contributed by atoms with Gasteiger partial charge in [0.2, 0.25) is 0 Å². The van der Waals surface area contributed by atoms with Crippen LogP contribution in [0.3, 0.4) is 0 Å². The number of piperazine rings is 1. The van der Waals surface area contributed by atoms with Crippen LogP contribution in [-0.4, -0.2) is 55.2 Å². The van der Waals surface area contributed by atoms with E-state index >= 15 is 0 Å². The van der Waals surface area contributed by atoms with Crippen LogP contribution >= 0.6 is 0 Å². The maximum atomic E-state index is 13.7. The first-order chi connectivity index (χ1) is 14.2. The van der Waals surface area contributed by atoms with E-state index in [1.54, 1.807) is 19.1 Å². The van der Waals surface area contributed by atoms with Crippen LogP contribution < -0.4 is 5.32 Å². The molecule has 2 aromatic rings. The monoisotopic (exact) mass is 419 g/mol. The summed E-state index contributed by atoms with van der Waals surface area (Å²) in [6.07, 6.45) is -3.90. The van der Waals surface area contributed by atoms with Crippen molar-refractivity contribution >= 4 is 17.9 Å². The van der Waals surface area contributed by atoms with E-state index in [1.165, 1.54) is 18.2 Å². The van der Waals surface area contributed by atoms with Gasteiger partial charge in [0.15, 0.2) is 0 Å². The second-order valence-corrected chi connectivity index (χ2v) is 7.59. The molecule has 0 unspecified atom stereocenters. The summed E-state index contributed by atoms with van der Waals surface area (Å²) in [5.41, 5.74) is 0.774. The molecule has 1 saturated heterocycles. The minimum absolute atomic E-state index is 0.0855. The summed E-state index contributed by atoms with van der Waals surface area (Å²) >= 11 is 0. The molecule has 160 valence electrons. The number of hydrogen-bond acceptors (Lipinski definition) is 4. The van der Waals surface area contributed by atoms with E-state index in [0.29, 0.717) is 30.6 Å². The Morgan fingerprint density at radius 3 is 2.43 bits per heavy atom. The van der Waals surface area contributed by atoms with Gasteiger partial charge in [0, 0.05) is 49.5 Å². The fourth-order valence-electron chi connectivity index (χ4n) is 3.41. The third kappa shape index (κ3) is 5.25. The minimum Gasteiger partial charge on any atom is -0.322 e. The average Bonchev–Trinajstić information content (AvgIpc) is 2.70. The van der Waals surface area contributed by atoms with Crippen molar-refractivity contribution in [2.75, 3.05) is 38.5 Å². The van der Waals surface area contributed by atoms with Gasteiger partial charge in [0.25, 0.3) is 5.91 Å². The van der Waals surface area contributed by atoms with Gasteiger partial charge in [-0.1, -0.05) is 12.1 Å². The molecule has 0 spiro atoms. The van der Waals surface area contributed by atoms with Gasteiger partial charge >= 0.3 is 6.18 Å². The van der Waals surface area contributed by atoms with E-state index in [9.17, 15) is 22.8 Å². The minimum atomic E-state index is -4.56.